The van der Waals surface area contributed by atoms with Gasteiger partial charge in [0.05, 0.1) is 24.2 Å². The molecule has 2 N–H and O–H groups in total. The molecule has 8 nitrogen and oxygen atoms in total. The van der Waals surface area contributed by atoms with Gasteiger partial charge in [0.2, 0.25) is 0 Å². The number of aromatic nitrogens is 7. The lowest BCUT2D eigenvalue weighted by atomic mass is 10.1. The van der Waals surface area contributed by atoms with E-state index >= 15 is 0 Å². The zero-order valence-corrected chi connectivity index (χ0v) is 17.2. The second-order valence-electron chi connectivity index (χ2n) is 7.62. The van der Waals surface area contributed by atoms with Gasteiger partial charge in [-0.25, -0.2) is 19.3 Å². The number of imidazole rings is 1. The van der Waals surface area contributed by atoms with Crippen molar-refractivity contribution in [2.24, 2.45) is 0 Å². The fourth-order valence-electron chi connectivity index (χ4n) is 3.64. The fourth-order valence-corrected chi connectivity index (χ4v) is 3.64. The molecule has 0 aromatic carbocycles. The van der Waals surface area contributed by atoms with Gasteiger partial charge >= 0.3 is 0 Å². The molecule has 0 amide bonds. The minimum atomic E-state index is -0.429. The average molecular weight is 416 g/mol. The fraction of sp³-hybridized carbons (Fsp3) is 0.227. The molecule has 0 bridgehead atoms. The van der Waals surface area contributed by atoms with E-state index in [0.29, 0.717) is 34.9 Å². The number of nitrogens with one attached hydrogen (secondary N) is 2. The molecule has 31 heavy (non-hydrogen) atoms. The van der Waals surface area contributed by atoms with Gasteiger partial charge in [-0.3, -0.25) is 9.97 Å². The minimum absolute atomic E-state index is 0.172. The van der Waals surface area contributed by atoms with Gasteiger partial charge in [-0.05, 0) is 38.0 Å². The number of halogens is 1. The number of rotatable bonds is 6. The molecule has 0 saturated carbocycles. The van der Waals surface area contributed by atoms with Gasteiger partial charge < -0.3 is 14.9 Å². The minimum Gasteiger partial charge on any atom is -0.368 e. The molecule has 0 aliphatic rings. The van der Waals surface area contributed by atoms with Gasteiger partial charge in [0.15, 0.2) is 17.3 Å². The van der Waals surface area contributed by atoms with Crippen LogP contribution in [0.25, 0.3) is 33.5 Å². The number of aromatic amines is 1. The SMILES string of the molecule is CC(C)n1cnc2c(NCCc3c[nH]c4cnccc34)nc(-c3cncc(F)c3)nc21. The lowest BCUT2D eigenvalue weighted by Crippen LogP contribution is -2.09. The van der Waals surface area contributed by atoms with Gasteiger partial charge in [-0.2, -0.15) is 0 Å². The van der Waals surface area contributed by atoms with Crippen LogP contribution in [0.1, 0.15) is 25.5 Å². The lowest BCUT2D eigenvalue weighted by Gasteiger charge is -2.11. The monoisotopic (exact) mass is 416 g/mol. The first-order chi connectivity index (χ1) is 15.1. The van der Waals surface area contributed by atoms with E-state index in [0.717, 1.165) is 23.5 Å². The second-order valence-corrected chi connectivity index (χ2v) is 7.62. The van der Waals surface area contributed by atoms with Crippen molar-refractivity contribution in [2.75, 3.05) is 11.9 Å². The third kappa shape index (κ3) is 3.58. The molecule has 0 unspecified atom stereocenters. The van der Waals surface area contributed by atoms with Crippen molar-refractivity contribution >= 4 is 27.9 Å². The smallest absolute Gasteiger partial charge is 0.166 e. The van der Waals surface area contributed by atoms with Gasteiger partial charge in [-0.15, -0.1) is 0 Å². The Labute approximate surface area is 177 Å². The van der Waals surface area contributed by atoms with Crippen LogP contribution in [0.2, 0.25) is 0 Å². The van der Waals surface area contributed by atoms with Crippen molar-refractivity contribution in [3.63, 3.8) is 0 Å². The number of hydrogen-bond donors (Lipinski definition) is 2. The van der Waals surface area contributed by atoms with E-state index in [1.54, 1.807) is 18.7 Å². The maximum atomic E-state index is 13.7. The molecule has 0 atom stereocenters. The summed E-state index contributed by atoms with van der Waals surface area (Å²) < 4.78 is 15.7. The topological polar surface area (TPSA) is 97.2 Å². The first-order valence-electron chi connectivity index (χ1n) is 10.1. The van der Waals surface area contributed by atoms with Crippen molar-refractivity contribution in [2.45, 2.75) is 26.3 Å². The highest BCUT2D eigenvalue weighted by molar-refractivity contribution is 5.85. The van der Waals surface area contributed by atoms with Crippen LogP contribution in [-0.4, -0.2) is 41.0 Å². The lowest BCUT2D eigenvalue weighted by molar-refractivity contribution is 0.612. The van der Waals surface area contributed by atoms with Crippen LogP contribution in [0, 0.1) is 5.82 Å². The number of pyridine rings is 2. The highest BCUT2D eigenvalue weighted by atomic mass is 19.1. The largest absolute Gasteiger partial charge is 0.368 e. The summed E-state index contributed by atoms with van der Waals surface area (Å²) >= 11 is 0. The molecule has 0 spiro atoms. The van der Waals surface area contributed by atoms with E-state index in [1.165, 1.54) is 11.6 Å². The van der Waals surface area contributed by atoms with Gasteiger partial charge in [-0.1, -0.05) is 0 Å². The number of nitrogens with zero attached hydrogens (tertiary/aromatic N) is 6. The Morgan fingerprint density at radius 2 is 2.06 bits per heavy atom. The van der Waals surface area contributed by atoms with Crippen LogP contribution in [0.15, 0.2) is 49.4 Å². The van der Waals surface area contributed by atoms with E-state index in [2.05, 4.69) is 49.1 Å². The van der Waals surface area contributed by atoms with Crippen LogP contribution < -0.4 is 5.32 Å². The maximum absolute atomic E-state index is 13.7. The standard InChI is InChI=1S/C22H21FN8/c1-13(2)31-12-28-19-21(26-6-3-14-9-27-18-11-24-5-4-17(14)18)29-20(30-22(19)31)15-7-16(23)10-25-8-15/h4-5,7-13,27H,3,6H2,1-2H3,(H,26,29,30). The molecule has 0 radical (unpaired) electrons. The van der Waals surface area contributed by atoms with Crippen LogP contribution in [0.5, 0.6) is 0 Å². The van der Waals surface area contributed by atoms with E-state index in [-0.39, 0.29) is 6.04 Å². The number of anilines is 1. The normalized spacial score (nSPS) is 11.6. The molecule has 0 aliphatic heterocycles. The molecule has 0 fully saturated rings. The summed E-state index contributed by atoms with van der Waals surface area (Å²) in [6, 6.07) is 3.56. The maximum Gasteiger partial charge on any atom is 0.166 e. The molecule has 9 heteroatoms. The number of H-pyrrole nitrogens is 1. The molecular formula is C22H21FN8. The van der Waals surface area contributed by atoms with Gasteiger partial charge in [0.1, 0.15) is 11.3 Å². The van der Waals surface area contributed by atoms with Crippen LogP contribution >= 0.6 is 0 Å². The summed E-state index contributed by atoms with van der Waals surface area (Å²) in [5.41, 5.74) is 4.11. The Balaban J connectivity index is 1.49. The predicted octanol–water partition coefficient (Wildman–Crippen LogP) is 4.14. The van der Waals surface area contributed by atoms with Crippen molar-refractivity contribution in [3.8, 4) is 11.4 Å². The van der Waals surface area contributed by atoms with Crippen molar-refractivity contribution in [1.29, 1.82) is 0 Å². The summed E-state index contributed by atoms with van der Waals surface area (Å²) in [7, 11) is 0. The molecule has 156 valence electrons. The Morgan fingerprint density at radius 1 is 1.16 bits per heavy atom. The summed E-state index contributed by atoms with van der Waals surface area (Å²) in [4.78, 5) is 25.2. The molecule has 5 heterocycles. The van der Waals surface area contributed by atoms with Gasteiger partial charge in [0, 0.05) is 42.1 Å². The Morgan fingerprint density at radius 3 is 2.90 bits per heavy atom. The van der Waals surface area contributed by atoms with E-state index in [4.69, 9.17) is 0 Å². The van der Waals surface area contributed by atoms with E-state index in [9.17, 15) is 4.39 Å². The van der Waals surface area contributed by atoms with E-state index < -0.39 is 5.82 Å². The van der Waals surface area contributed by atoms with Gasteiger partial charge in [0.25, 0.3) is 0 Å². The molecule has 5 rings (SSSR count). The number of fused-ring (bicyclic) bond motifs is 2. The van der Waals surface area contributed by atoms with Crippen LogP contribution in [-0.2, 0) is 6.42 Å². The van der Waals surface area contributed by atoms with Crippen molar-refractivity contribution < 1.29 is 4.39 Å². The Bertz CT molecular complexity index is 1370. The highest BCUT2D eigenvalue weighted by Gasteiger charge is 2.16. The third-order valence-corrected chi connectivity index (χ3v) is 5.20. The summed E-state index contributed by atoms with van der Waals surface area (Å²) in [5.74, 6) is 0.592. The number of hydrogen-bond acceptors (Lipinski definition) is 6. The summed E-state index contributed by atoms with van der Waals surface area (Å²) in [6.45, 7) is 4.77. The summed E-state index contributed by atoms with van der Waals surface area (Å²) in [6.07, 6.45) is 10.9. The molecule has 5 aromatic rings. The zero-order valence-electron chi connectivity index (χ0n) is 17.2. The van der Waals surface area contributed by atoms with Crippen LogP contribution in [0.3, 0.4) is 0 Å². The highest BCUT2D eigenvalue weighted by Crippen LogP contribution is 2.26. The molecule has 5 aromatic heterocycles. The van der Waals surface area contributed by atoms with Crippen molar-refractivity contribution in [1.82, 2.24) is 34.5 Å². The predicted molar refractivity (Wildman–Crippen MR) is 117 cm³/mol. The zero-order chi connectivity index (χ0) is 21.4. The molecule has 0 aliphatic carbocycles. The Kier molecular flexibility index (Phi) is 4.78. The molecule has 0 saturated heterocycles. The third-order valence-electron chi connectivity index (χ3n) is 5.20. The van der Waals surface area contributed by atoms with Crippen LogP contribution in [0.4, 0.5) is 10.2 Å². The first-order valence-corrected chi connectivity index (χ1v) is 10.1. The quantitative estimate of drug-likeness (QED) is 0.432. The first kappa shape index (κ1) is 19.1. The molecular weight excluding hydrogens is 395 g/mol. The summed E-state index contributed by atoms with van der Waals surface area (Å²) in [5, 5.41) is 4.55. The Hall–Kier alpha value is -3.88. The van der Waals surface area contributed by atoms with E-state index in [1.807, 2.05) is 23.0 Å². The van der Waals surface area contributed by atoms with Crippen molar-refractivity contribution in [3.05, 3.63) is 60.8 Å². The average Bonchev–Trinajstić information content (AvgIpc) is 3.38. The second kappa shape index (κ2) is 7.75.